The van der Waals surface area contributed by atoms with E-state index in [1.54, 1.807) is 0 Å². The first-order valence-corrected chi connectivity index (χ1v) is 15.1. The monoisotopic (exact) mass is 524 g/mol. The van der Waals surface area contributed by atoms with Gasteiger partial charge in [0.2, 0.25) is 0 Å². The van der Waals surface area contributed by atoms with Gasteiger partial charge in [-0.3, -0.25) is 0 Å². The molecule has 2 nitrogen and oxygen atoms in total. The van der Waals surface area contributed by atoms with Gasteiger partial charge in [0.1, 0.15) is 6.17 Å². The maximum Gasteiger partial charge on any atom is 0.134 e. The van der Waals surface area contributed by atoms with E-state index < -0.39 is 0 Å². The van der Waals surface area contributed by atoms with Crippen LogP contribution >= 0.6 is 0 Å². The second kappa shape index (κ2) is 9.70. The van der Waals surface area contributed by atoms with E-state index in [4.69, 9.17) is 0 Å². The van der Waals surface area contributed by atoms with Gasteiger partial charge in [-0.25, -0.2) is 0 Å². The molecule has 0 aromatic heterocycles. The number of benzene rings is 4. The zero-order valence-electron chi connectivity index (χ0n) is 24.3. The molecule has 0 radical (unpaired) electrons. The minimum absolute atomic E-state index is 0.0619. The second-order valence-corrected chi connectivity index (χ2v) is 12.2. The van der Waals surface area contributed by atoms with E-state index in [0.29, 0.717) is 5.92 Å². The van der Waals surface area contributed by atoms with Crippen molar-refractivity contribution in [1.29, 1.82) is 0 Å². The van der Waals surface area contributed by atoms with E-state index in [1.807, 2.05) is 0 Å². The molecule has 3 aliphatic rings. The van der Waals surface area contributed by atoms with Gasteiger partial charge in [0.15, 0.2) is 0 Å². The third-order valence-electron chi connectivity index (χ3n) is 9.99. The summed E-state index contributed by atoms with van der Waals surface area (Å²) in [6.07, 6.45) is 6.55. The van der Waals surface area contributed by atoms with Gasteiger partial charge in [-0.15, -0.1) is 0 Å². The summed E-state index contributed by atoms with van der Waals surface area (Å²) in [7, 11) is 0. The topological polar surface area (TPSA) is 6.48 Å². The first-order chi connectivity index (χ1) is 19.5. The van der Waals surface area contributed by atoms with E-state index >= 15 is 0 Å². The van der Waals surface area contributed by atoms with Gasteiger partial charge < -0.3 is 9.80 Å². The number of allylic oxidation sites excluding steroid dienone is 1. The third kappa shape index (κ3) is 3.48. The quantitative estimate of drug-likeness (QED) is 0.262. The molecule has 2 unspecified atom stereocenters. The van der Waals surface area contributed by atoms with Crippen molar-refractivity contribution in [3.63, 3.8) is 0 Å². The van der Waals surface area contributed by atoms with E-state index in [2.05, 4.69) is 135 Å². The minimum atomic E-state index is -0.230. The number of fused-ring (bicyclic) bond motifs is 3. The Balaban J connectivity index is 1.61. The molecule has 4 aromatic carbocycles. The van der Waals surface area contributed by atoms with Crippen LogP contribution in [0.25, 0.3) is 5.70 Å². The highest BCUT2D eigenvalue weighted by Gasteiger charge is 2.60. The van der Waals surface area contributed by atoms with Crippen LogP contribution in [-0.2, 0) is 5.54 Å². The largest absolute Gasteiger partial charge is 0.331 e. The average Bonchev–Trinajstić information content (AvgIpc) is 3.45. The van der Waals surface area contributed by atoms with Crippen molar-refractivity contribution in [2.75, 3.05) is 4.90 Å². The number of anilines is 1. The first-order valence-electron chi connectivity index (χ1n) is 15.1. The first kappa shape index (κ1) is 25.2. The summed E-state index contributed by atoms with van der Waals surface area (Å²) in [5, 5.41) is 0. The number of nitrogens with zero attached hydrogens (tertiary/aromatic N) is 2. The van der Waals surface area contributed by atoms with Gasteiger partial charge in [0, 0.05) is 22.5 Å². The van der Waals surface area contributed by atoms with Crippen molar-refractivity contribution in [2.24, 2.45) is 5.92 Å². The van der Waals surface area contributed by atoms with Gasteiger partial charge in [-0.2, -0.15) is 0 Å². The number of hydrogen-bond acceptors (Lipinski definition) is 2. The summed E-state index contributed by atoms with van der Waals surface area (Å²) in [6.45, 7) is 9.23. The fourth-order valence-corrected chi connectivity index (χ4v) is 8.35. The number of hydrogen-bond donors (Lipinski definition) is 0. The Morgan fingerprint density at radius 3 is 1.98 bits per heavy atom. The minimum Gasteiger partial charge on any atom is -0.331 e. The lowest BCUT2D eigenvalue weighted by atomic mass is 9.67. The molecule has 0 spiro atoms. The van der Waals surface area contributed by atoms with Crippen molar-refractivity contribution in [3.05, 3.63) is 142 Å². The van der Waals surface area contributed by atoms with E-state index in [0.717, 1.165) is 0 Å². The van der Waals surface area contributed by atoms with Gasteiger partial charge in [0.05, 0.1) is 11.2 Å². The van der Waals surface area contributed by atoms with Crippen LogP contribution in [0, 0.1) is 26.7 Å². The van der Waals surface area contributed by atoms with E-state index in [-0.39, 0.29) is 11.7 Å². The Morgan fingerprint density at radius 2 is 1.25 bits per heavy atom. The van der Waals surface area contributed by atoms with Crippen LogP contribution in [-0.4, -0.2) is 4.90 Å². The molecule has 0 bridgehead atoms. The molecule has 1 fully saturated rings. The van der Waals surface area contributed by atoms with Crippen molar-refractivity contribution in [3.8, 4) is 0 Å². The fourth-order valence-electron chi connectivity index (χ4n) is 8.35. The lowest BCUT2D eigenvalue weighted by Crippen LogP contribution is -2.51. The Bertz CT molecular complexity index is 1570. The van der Waals surface area contributed by atoms with E-state index in [9.17, 15) is 0 Å². The summed E-state index contributed by atoms with van der Waals surface area (Å²) in [4.78, 5) is 5.55. The van der Waals surface area contributed by atoms with Crippen molar-refractivity contribution >= 4 is 11.4 Å². The molecule has 0 amide bonds. The summed E-state index contributed by atoms with van der Waals surface area (Å²) in [6, 6.07) is 36.6. The molecule has 2 aliphatic heterocycles. The molecule has 2 heterocycles. The van der Waals surface area contributed by atoms with Crippen LogP contribution in [0.2, 0.25) is 0 Å². The standard InChI is InChI=1S/C38H40N2/c1-26-16-11-14-25-34(26)39-29(4)36-32-23-12-13-24-33(32)38(30-19-7-5-8-20-30,31-21-9-6-10-22-31)40(36)37(39)35-27(2)17-15-18-28(35)3/h5,7-8,11-20,23-25,31,37H,6,9-10,21-22H2,1-4H3. The molecule has 7 rings (SSSR count). The molecule has 40 heavy (non-hydrogen) atoms. The smallest absolute Gasteiger partial charge is 0.134 e. The van der Waals surface area contributed by atoms with Crippen molar-refractivity contribution in [1.82, 2.24) is 4.90 Å². The Kier molecular flexibility index (Phi) is 6.11. The third-order valence-corrected chi connectivity index (χ3v) is 9.99. The molecule has 2 atom stereocenters. The Labute approximate surface area is 240 Å². The lowest BCUT2D eigenvalue weighted by molar-refractivity contribution is 0.0795. The van der Waals surface area contributed by atoms with Crippen LogP contribution in [0.4, 0.5) is 5.69 Å². The molecule has 202 valence electrons. The van der Waals surface area contributed by atoms with Crippen LogP contribution in [0.1, 0.15) is 84.1 Å². The van der Waals surface area contributed by atoms with Crippen molar-refractivity contribution < 1.29 is 0 Å². The van der Waals surface area contributed by atoms with Crippen LogP contribution < -0.4 is 4.90 Å². The number of para-hydroxylation sites is 1. The van der Waals surface area contributed by atoms with Gasteiger partial charge in [-0.1, -0.05) is 110 Å². The van der Waals surface area contributed by atoms with E-state index in [1.165, 1.54) is 88.1 Å². The van der Waals surface area contributed by atoms with Gasteiger partial charge >= 0.3 is 0 Å². The highest BCUT2D eigenvalue weighted by atomic mass is 15.5. The molecule has 1 aliphatic carbocycles. The van der Waals surface area contributed by atoms with Gasteiger partial charge in [0.25, 0.3) is 0 Å². The average molecular weight is 525 g/mol. The lowest BCUT2D eigenvalue weighted by Gasteiger charge is -2.51. The van der Waals surface area contributed by atoms with Crippen LogP contribution in [0.15, 0.2) is 103 Å². The molecular formula is C38H40N2. The molecular weight excluding hydrogens is 484 g/mol. The highest BCUT2D eigenvalue weighted by Crippen LogP contribution is 2.64. The summed E-state index contributed by atoms with van der Waals surface area (Å²) < 4.78 is 0. The Hall–Kier alpha value is -3.78. The normalized spacial score (nSPS) is 22.6. The zero-order chi connectivity index (χ0) is 27.4. The maximum atomic E-state index is 2.89. The highest BCUT2D eigenvalue weighted by molar-refractivity contribution is 5.85. The van der Waals surface area contributed by atoms with Gasteiger partial charge in [-0.05, 0) is 80.3 Å². The molecule has 0 saturated heterocycles. The Morgan fingerprint density at radius 1 is 0.625 bits per heavy atom. The predicted octanol–water partition coefficient (Wildman–Crippen LogP) is 9.66. The molecule has 0 N–H and O–H groups in total. The zero-order valence-corrected chi connectivity index (χ0v) is 24.3. The maximum absolute atomic E-state index is 2.89. The van der Waals surface area contributed by atoms with Crippen LogP contribution in [0.3, 0.4) is 0 Å². The molecule has 1 saturated carbocycles. The molecule has 2 heteroatoms. The second-order valence-electron chi connectivity index (χ2n) is 12.2. The molecule has 4 aromatic rings. The number of aryl methyl sites for hydroxylation is 3. The predicted molar refractivity (Wildman–Crippen MR) is 167 cm³/mol. The summed E-state index contributed by atoms with van der Waals surface area (Å²) in [5.74, 6) is 0.541. The van der Waals surface area contributed by atoms with Crippen LogP contribution in [0.5, 0.6) is 0 Å². The number of rotatable bonds is 4. The fraction of sp³-hybridized carbons (Fsp3) is 0.316. The summed E-state index contributed by atoms with van der Waals surface area (Å²) >= 11 is 0. The summed E-state index contributed by atoms with van der Waals surface area (Å²) in [5.41, 5.74) is 13.6. The van der Waals surface area contributed by atoms with Crippen molar-refractivity contribution in [2.45, 2.75) is 71.5 Å². The SMILES string of the molecule is CC1=C2c3ccccc3C(c3ccccc3)(C3CCCCC3)N2C(c2c(C)cccc2C)N1c1ccccc1C.